The molecule has 26 heavy (non-hydrogen) atoms. The summed E-state index contributed by atoms with van der Waals surface area (Å²) in [6.45, 7) is 2.22. The largest absolute Gasteiger partial charge is 0.507 e. The second-order valence-corrected chi connectivity index (χ2v) is 6.38. The highest BCUT2D eigenvalue weighted by molar-refractivity contribution is 6.46. The van der Waals surface area contributed by atoms with E-state index in [0.29, 0.717) is 22.1 Å². The highest BCUT2D eigenvalue weighted by Gasteiger charge is 2.47. The number of hydrogen-bond donors (Lipinski definition) is 1. The summed E-state index contributed by atoms with van der Waals surface area (Å²) in [5, 5.41) is 11.2. The van der Waals surface area contributed by atoms with E-state index in [1.54, 1.807) is 43.3 Å². The maximum absolute atomic E-state index is 12.6. The van der Waals surface area contributed by atoms with Crippen LogP contribution in [0.3, 0.4) is 0 Å². The van der Waals surface area contributed by atoms with Crippen LogP contribution in [0.5, 0.6) is 0 Å². The Balaban J connectivity index is 2.13. The van der Waals surface area contributed by atoms with Crippen molar-refractivity contribution in [2.45, 2.75) is 13.0 Å². The van der Waals surface area contributed by atoms with Gasteiger partial charge in [-0.2, -0.15) is 0 Å². The van der Waals surface area contributed by atoms with Crippen molar-refractivity contribution in [3.8, 4) is 0 Å². The fourth-order valence-electron chi connectivity index (χ4n) is 2.96. The molecule has 1 saturated heterocycles. The first-order valence-electron chi connectivity index (χ1n) is 8.03. The number of furan rings is 1. The van der Waals surface area contributed by atoms with Crippen molar-refractivity contribution in [1.82, 2.24) is 4.90 Å². The molecule has 0 radical (unpaired) electrons. The maximum atomic E-state index is 12.6. The molecule has 2 heterocycles. The maximum Gasteiger partial charge on any atom is 0.295 e. The number of carbonyl (C=O) groups excluding carboxylic acids is 2. The number of methoxy groups -OCH3 is 1. The first-order chi connectivity index (χ1) is 12.4. The predicted molar refractivity (Wildman–Crippen MR) is 95.8 cm³/mol. The third kappa shape index (κ3) is 3.25. The van der Waals surface area contributed by atoms with Crippen LogP contribution in [0.4, 0.5) is 0 Å². The summed E-state index contributed by atoms with van der Waals surface area (Å²) < 4.78 is 10.7. The molecule has 0 bridgehead atoms. The molecule has 0 spiro atoms. The molecule has 1 amide bonds. The number of benzene rings is 1. The van der Waals surface area contributed by atoms with Crippen molar-refractivity contribution in [3.63, 3.8) is 0 Å². The lowest BCUT2D eigenvalue weighted by Crippen LogP contribution is -2.32. The quantitative estimate of drug-likeness (QED) is 0.492. The van der Waals surface area contributed by atoms with Crippen LogP contribution >= 0.6 is 11.6 Å². The number of halogens is 1. The van der Waals surface area contributed by atoms with Gasteiger partial charge in [0.25, 0.3) is 11.7 Å². The van der Waals surface area contributed by atoms with Crippen LogP contribution in [0.15, 0.2) is 46.4 Å². The zero-order valence-corrected chi connectivity index (χ0v) is 15.1. The van der Waals surface area contributed by atoms with Crippen LogP contribution < -0.4 is 0 Å². The zero-order chi connectivity index (χ0) is 18.8. The van der Waals surface area contributed by atoms with Gasteiger partial charge in [-0.3, -0.25) is 9.59 Å². The van der Waals surface area contributed by atoms with Gasteiger partial charge in [-0.15, -0.1) is 0 Å². The van der Waals surface area contributed by atoms with Gasteiger partial charge in [-0.05, 0) is 43.3 Å². The van der Waals surface area contributed by atoms with E-state index < -0.39 is 17.7 Å². The number of hydrogen-bond acceptors (Lipinski definition) is 5. The summed E-state index contributed by atoms with van der Waals surface area (Å²) in [6.07, 6.45) is 0. The number of Topliss-reactive ketones (excluding diaryl/α,β-unsaturated/α-hetero) is 1. The topological polar surface area (TPSA) is 80.0 Å². The number of amides is 1. The van der Waals surface area contributed by atoms with Gasteiger partial charge < -0.3 is 19.2 Å². The molecule has 6 nitrogen and oxygen atoms in total. The second-order valence-electron chi connectivity index (χ2n) is 5.94. The summed E-state index contributed by atoms with van der Waals surface area (Å²) in [6, 6.07) is 9.01. The Morgan fingerprint density at radius 1 is 1.23 bits per heavy atom. The monoisotopic (exact) mass is 375 g/mol. The number of nitrogens with zero attached hydrogens (tertiary/aromatic N) is 1. The van der Waals surface area contributed by atoms with Crippen molar-refractivity contribution < 1.29 is 23.8 Å². The number of rotatable bonds is 5. The molecule has 7 heteroatoms. The minimum atomic E-state index is -0.811. The minimum absolute atomic E-state index is 0.0113. The van der Waals surface area contributed by atoms with Crippen molar-refractivity contribution in [2.75, 3.05) is 20.3 Å². The second kappa shape index (κ2) is 7.35. The van der Waals surface area contributed by atoms with Gasteiger partial charge in [0, 0.05) is 24.2 Å². The Labute approximate surface area is 155 Å². The van der Waals surface area contributed by atoms with E-state index in [-0.39, 0.29) is 24.5 Å². The minimum Gasteiger partial charge on any atom is -0.507 e. The lowest BCUT2D eigenvalue weighted by Gasteiger charge is -2.22. The molecule has 1 atom stereocenters. The van der Waals surface area contributed by atoms with E-state index >= 15 is 0 Å². The Morgan fingerprint density at radius 3 is 2.50 bits per heavy atom. The molecular weight excluding hydrogens is 358 g/mol. The molecule has 1 aromatic heterocycles. The van der Waals surface area contributed by atoms with Gasteiger partial charge in [0.1, 0.15) is 23.3 Å². The van der Waals surface area contributed by atoms with Gasteiger partial charge in [0.2, 0.25) is 0 Å². The molecule has 1 N–H and O–H groups in total. The van der Waals surface area contributed by atoms with Crippen LogP contribution in [0.2, 0.25) is 5.02 Å². The summed E-state index contributed by atoms with van der Waals surface area (Å²) in [5.74, 6) is -0.666. The lowest BCUT2D eigenvalue weighted by molar-refractivity contribution is -0.140. The zero-order valence-electron chi connectivity index (χ0n) is 14.4. The fourth-order valence-corrected chi connectivity index (χ4v) is 3.09. The number of aryl methyl sites for hydroxylation is 1. The Bertz CT molecular complexity index is 868. The summed E-state index contributed by atoms with van der Waals surface area (Å²) in [7, 11) is 1.51. The molecule has 1 fully saturated rings. The average Bonchev–Trinajstić information content (AvgIpc) is 3.15. The normalized spacial score (nSPS) is 19.3. The molecule has 1 aliphatic heterocycles. The van der Waals surface area contributed by atoms with E-state index in [2.05, 4.69) is 0 Å². The van der Waals surface area contributed by atoms with Crippen LogP contribution in [-0.4, -0.2) is 42.0 Å². The third-order valence-corrected chi connectivity index (χ3v) is 4.48. The highest BCUT2D eigenvalue weighted by atomic mass is 35.5. The van der Waals surface area contributed by atoms with Gasteiger partial charge >= 0.3 is 0 Å². The molecule has 2 aromatic rings. The van der Waals surface area contributed by atoms with Crippen molar-refractivity contribution in [2.24, 2.45) is 0 Å². The molecule has 0 aliphatic carbocycles. The summed E-state index contributed by atoms with van der Waals surface area (Å²) in [5.41, 5.74) is 0.384. The van der Waals surface area contributed by atoms with Crippen LogP contribution in [0, 0.1) is 6.92 Å². The van der Waals surface area contributed by atoms with E-state index in [4.69, 9.17) is 20.8 Å². The number of carbonyl (C=O) groups is 2. The first-order valence-corrected chi connectivity index (χ1v) is 8.41. The molecule has 3 rings (SSSR count). The lowest BCUT2D eigenvalue weighted by atomic mass is 9.99. The summed E-state index contributed by atoms with van der Waals surface area (Å²) in [4.78, 5) is 26.5. The van der Waals surface area contributed by atoms with Crippen molar-refractivity contribution >= 4 is 29.1 Å². The average molecular weight is 376 g/mol. The van der Waals surface area contributed by atoms with Crippen LogP contribution in [0.1, 0.15) is 23.1 Å². The van der Waals surface area contributed by atoms with Crippen molar-refractivity contribution in [1.29, 1.82) is 0 Å². The van der Waals surface area contributed by atoms with Gasteiger partial charge in [-0.1, -0.05) is 11.6 Å². The SMILES string of the molecule is COCCN1C(=O)C(=O)/C(=C(\O)c2ccc(Cl)cc2)C1c1ccc(C)o1. The predicted octanol–water partition coefficient (Wildman–Crippen LogP) is 3.31. The Morgan fingerprint density at radius 2 is 1.92 bits per heavy atom. The third-order valence-electron chi connectivity index (χ3n) is 4.22. The fraction of sp³-hybridized carbons (Fsp3) is 0.263. The number of aliphatic hydroxyl groups excluding tert-OH is 1. The number of likely N-dealkylation sites (tertiary alicyclic amines) is 1. The van der Waals surface area contributed by atoms with Gasteiger partial charge in [-0.25, -0.2) is 0 Å². The molecule has 136 valence electrons. The Hall–Kier alpha value is -2.57. The molecule has 0 saturated carbocycles. The molecule has 1 unspecified atom stereocenters. The van der Waals surface area contributed by atoms with Crippen LogP contribution in [0.25, 0.3) is 5.76 Å². The van der Waals surface area contributed by atoms with E-state index in [0.717, 1.165) is 0 Å². The van der Waals surface area contributed by atoms with Crippen LogP contribution in [-0.2, 0) is 14.3 Å². The smallest absolute Gasteiger partial charge is 0.295 e. The molecular formula is C19H18ClNO5. The number of ether oxygens (including phenoxy) is 1. The first kappa shape index (κ1) is 18.2. The molecule has 1 aromatic carbocycles. The van der Waals surface area contributed by atoms with E-state index in [1.807, 2.05) is 0 Å². The summed E-state index contributed by atoms with van der Waals surface area (Å²) >= 11 is 5.88. The van der Waals surface area contributed by atoms with Gasteiger partial charge in [0.05, 0.1) is 12.2 Å². The van der Waals surface area contributed by atoms with E-state index in [1.165, 1.54) is 12.0 Å². The van der Waals surface area contributed by atoms with E-state index in [9.17, 15) is 14.7 Å². The Kier molecular flexibility index (Phi) is 5.15. The molecule has 1 aliphatic rings. The van der Waals surface area contributed by atoms with Gasteiger partial charge in [0.15, 0.2) is 0 Å². The number of ketones is 1. The number of aliphatic hydroxyl groups is 1. The highest BCUT2D eigenvalue weighted by Crippen LogP contribution is 2.39. The standard InChI is InChI=1S/C19H18ClNO5/c1-11-3-8-14(26-11)16-15(17(22)12-4-6-13(20)7-5-12)18(23)19(24)21(16)9-10-25-2/h3-8,16,22H,9-10H2,1-2H3/b17-15-. The van der Waals surface area contributed by atoms with Crippen molar-refractivity contribution in [3.05, 3.63) is 64.1 Å².